The van der Waals surface area contributed by atoms with Crippen LogP contribution in [-0.4, -0.2) is 0 Å². The van der Waals surface area contributed by atoms with E-state index in [2.05, 4.69) is 20.8 Å². The average molecular weight is 376 g/mol. The second-order valence-corrected chi connectivity index (χ2v) is 7.35. The van der Waals surface area contributed by atoms with Crippen LogP contribution in [0, 0.1) is 20.8 Å². The number of halogens is 3. The molecule has 0 atom stereocenters. The summed E-state index contributed by atoms with van der Waals surface area (Å²) in [6.07, 6.45) is 0. The van der Waals surface area contributed by atoms with Crippen LogP contribution in [0.25, 0.3) is 22.3 Å². The predicted molar refractivity (Wildman–Crippen MR) is 107 cm³/mol. The van der Waals surface area contributed by atoms with Gasteiger partial charge in [0.1, 0.15) is 0 Å². The van der Waals surface area contributed by atoms with Crippen molar-refractivity contribution in [2.75, 3.05) is 0 Å². The molecule has 0 aliphatic rings. The molecule has 0 unspecified atom stereocenters. The van der Waals surface area contributed by atoms with Crippen molar-refractivity contribution in [1.29, 1.82) is 0 Å². The Bertz CT molecular complexity index is 854. The minimum Gasteiger partial charge on any atom is -0.0843 e. The van der Waals surface area contributed by atoms with Gasteiger partial charge in [0.25, 0.3) is 0 Å². The van der Waals surface area contributed by atoms with Crippen LogP contribution >= 0.6 is 34.8 Å². The van der Waals surface area contributed by atoms with Crippen molar-refractivity contribution in [3.8, 4) is 22.3 Å². The first kappa shape index (κ1) is 17.4. The van der Waals surface area contributed by atoms with Crippen molar-refractivity contribution in [1.82, 2.24) is 0 Å². The van der Waals surface area contributed by atoms with E-state index in [-0.39, 0.29) is 0 Å². The number of hydrogen-bond donors (Lipinski definition) is 0. The van der Waals surface area contributed by atoms with E-state index >= 15 is 0 Å². The van der Waals surface area contributed by atoms with Crippen molar-refractivity contribution in [2.45, 2.75) is 20.8 Å². The highest BCUT2D eigenvalue weighted by molar-refractivity contribution is 6.32. The first-order chi connectivity index (χ1) is 11.4. The second kappa shape index (κ2) is 6.80. The van der Waals surface area contributed by atoms with Gasteiger partial charge in [0.2, 0.25) is 0 Å². The van der Waals surface area contributed by atoms with Crippen molar-refractivity contribution < 1.29 is 0 Å². The quantitative estimate of drug-likeness (QED) is 0.427. The molecule has 0 bridgehead atoms. The SMILES string of the molecule is Cc1ccc(Cl)cc1-c1cc(Cl)cc(-c2cc(Cl)ccc2C)c1C. The summed E-state index contributed by atoms with van der Waals surface area (Å²) in [5, 5.41) is 2.13. The molecule has 0 heterocycles. The Kier molecular flexibility index (Phi) is 4.92. The summed E-state index contributed by atoms with van der Waals surface area (Å²) in [6, 6.07) is 15.8. The maximum atomic E-state index is 6.44. The lowest BCUT2D eigenvalue weighted by molar-refractivity contribution is 1.38. The maximum Gasteiger partial charge on any atom is 0.0418 e. The molecule has 0 aliphatic carbocycles. The molecule has 3 aromatic rings. The fourth-order valence-corrected chi connectivity index (χ4v) is 3.57. The Morgan fingerprint density at radius 3 is 1.29 bits per heavy atom. The summed E-state index contributed by atoms with van der Waals surface area (Å²) in [5.41, 5.74) is 7.88. The molecule has 0 nitrogen and oxygen atoms in total. The second-order valence-electron chi connectivity index (χ2n) is 6.04. The van der Waals surface area contributed by atoms with Gasteiger partial charge in [0, 0.05) is 15.1 Å². The average Bonchev–Trinajstić information content (AvgIpc) is 2.54. The van der Waals surface area contributed by atoms with E-state index in [4.69, 9.17) is 34.8 Å². The standard InChI is InChI=1S/C21H17Cl3/c1-12-4-6-15(22)8-18(12)20-10-17(24)11-21(14(20)3)19-9-16(23)7-5-13(19)2/h4-11H,1-3H3. The van der Waals surface area contributed by atoms with E-state index in [1.165, 1.54) is 11.1 Å². The number of hydrogen-bond acceptors (Lipinski definition) is 0. The number of rotatable bonds is 2. The molecule has 3 heteroatoms. The van der Waals surface area contributed by atoms with Gasteiger partial charge < -0.3 is 0 Å². The first-order valence-corrected chi connectivity index (χ1v) is 8.83. The molecule has 24 heavy (non-hydrogen) atoms. The zero-order chi connectivity index (χ0) is 17.4. The molecular formula is C21H17Cl3. The van der Waals surface area contributed by atoms with Crippen LogP contribution in [0.15, 0.2) is 48.5 Å². The number of aryl methyl sites for hydroxylation is 2. The molecule has 0 fully saturated rings. The van der Waals surface area contributed by atoms with Crippen molar-refractivity contribution in [3.05, 3.63) is 80.3 Å². The molecule has 3 rings (SSSR count). The van der Waals surface area contributed by atoms with Gasteiger partial charge >= 0.3 is 0 Å². The normalized spacial score (nSPS) is 10.9. The topological polar surface area (TPSA) is 0 Å². The third kappa shape index (κ3) is 3.32. The predicted octanol–water partition coefficient (Wildman–Crippen LogP) is 7.91. The van der Waals surface area contributed by atoms with Gasteiger partial charge in [-0.2, -0.15) is 0 Å². The lowest BCUT2D eigenvalue weighted by Crippen LogP contribution is -1.93. The summed E-state index contributed by atoms with van der Waals surface area (Å²) >= 11 is 18.9. The third-order valence-corrected chi connectivity index (χ3v) is 5.04. The van der Waals surface area contributed by atoms with Crippen LogP contribution in [0.3, 0.4) is 0 Å². The van der Waals surface area contributed by atoms with E-state index in [9.17, 15) is 0 Å². The van der Waals surface area contributed by atoms with Gasteiger partial charge in [-0.15, -0.1) is 0 Å². The van der Waals surface area contributed by atoms with Crippen molar-refractivity contribution in [2.24, 2.45) is 0 Å². The minimum absolute atomic E-state index is 0.698. The molecule has 122 valence electrons. The Morgan fingerprint density at radius 2 is 0.875 bits per heavy atom. The maximum absolute atomic E-state index is 6.44. The number of benzene rings is 3. The van der Waals surface area contributed by atoms with Gasteiger partial charge in [-0.1, -0.05) is 46.9 Å². The lowest BCUT2D eigenvalue weighted by atomic mass is 9.89. The fourth-order valence-electron chi connectivity index (χ4n) is 3.01. The summed E-state index contributed by atoms with van der Waals surface area (Å²) in [4.78, 5) is 0. The summed E-state index contributed by atoms with van der Waals surface area (Å²) in [5.74, 6) is 0. The highest BCUT2D eigenvalue weighted by Gasteiger charge is 2.14. The molecule has 0 saturated carbocycles. The van der Waals surface area contributed by atoms with Crippen LogP contribution in [0.5, 0.6) is 0 Å². The Balaban J connectivity index is 2.30. The first-order valence-electron chi connectivity index (χ1n) is 7.70. The van der Waals surface area contributed by atoms with E-state index in [1.807, 2.05) is 48.5 Å². The third-order valence-electron chi connectivity index (χ3n) is 4.35. The Morgan fingerprint density at radius 1 is 0.500 bits per heavy atom. The Hall–Kier alpha value is -1.47. The van der Waals surface area contributed by atoms with Gasteiger partial charge in [0.15, 0.2) is 0 Å². The van der Waals surface area contributed by atoms with Gasteiger partial charge in [0.05, 0.1) is 0 Å². The van der Waals surface area contributed by atoms with Gasteiger partial charge in [-0.05, 0) is 96.1 Å². The monoisotopic (exact) mass is 374 g/mol. The van der Waals surface area contributed by atoms with Crippen LogP contribution < -0.4 is 0 Å². The van der Waals surface area contributed by atoms with E-state index in [1.54, 1.807) is 0 Å². The molecule has 3 aromatic carbocycles. The molecule has 0 radical (unpaired) electrons. The smallest absolute Gasteiger partial charge is 0.0418 e. The molecule has 0 saturated heterocycles. The zero-order valence-electron chi connectivity index (χ0n) is 13.8. The largest absolute Gasteiger partial charge is 0.0843 e. The van der Waals surface area contributed by atoms with Gasteiger partial charge in [-0.25, -0.2) is 0 Å². The van der Waals surface area contributed by atoms with Crippen molar-refractivity contribution >= 4 is 34.8 Å². The molecule has 0 aromatic heterocycles. The summed E-state index contributed by atoms with van der Waals surface area (Å²) in [6.45, 7) is 6.27. The van der Waals surface area contributed by atoms with E-state index in [0.717, 1.165) is 37.9 Å². The van der Waals surface area contributed by atoms with Crippen LogP contribution in [0.2, 0.25) is 15.1 Å². The highest BCUT2D eigenvalue weighted by Crippen LogP contribution is 2.38. The molecular weight excluding hydrogens is 359 g/mol. The molecule has 0 spiro atoms. The Labute approximate surface area is 158 Å². The van der Waals surface area contributed by atoms with Crippen LogP contribution in [-0.2, 0) is 0 Å². The van der Waals surface area contributed by atoms with Gasteiger partial charge in [-0.3, -0.25) is 0 Å². The minimum atomic E-state index is 0.698. The fraction of sp³-hybridized carbons (Fsp3) is 0.143. The molecule has 0 aliphatic heterocycles. The van der Waals surface area contributed by atoms with Crippen LogP contribution in [0.4, 0.5) is 0 Å². The lowest BCUT2D eigenvalue weighted by Gasteiger charge is -2.17. The van der Waals surface area contributed by atoms with E-state index < -0.39 is 0 Å². The summed E-state index contributed by atoms with van der Waals surface area (Å²) in [7, 11) is 0. The highest BCUT2D eigenvalue weighted by atomic mass is 35.5. The zero-order valence-corrected chi connectivity index (χ0v) is 16.0. The van der Waals surface area contributed by atoms with E-state index in [0.29, 0.717) is 5.02 Å². The summed E-state index contributed by atoms with van der Waals surface area (Å²) < 4.78 is 0. The van der Waals surface area contributed by atoms with Crippen LogP contribution in [0.1, 0.15) is 16.7 Å². The molecule has 0 amide bonds. The van der Waals surface area contributed by atoms with Crippen molar-refractivity contribution in [3.63, 3.8) is 0 Å². The molecule has 0 N–H and O–H groups in total.